The lowest BCUT2D eigenvalue weighted by atomic mass is 10.0. The predicted molar refractivity (Wildman–Crippen MR) is 68.7 cm³/mol. The average molecular weight is 228 g/mol. The van der Waals surface area contributed by atoms with Crippen molar-refractivity contribution in [1.29, 1.82) is 0 Å². The molecule has 1 rings (SSSR count). The van der Waals surface area contributed by atoms with E-state index in [0.717, 1.165) is 32.2 Å². The third-order valence-corrected chi connectivity index (χ3v) is 3.53. The Kier molecular flexibility index (Phi) is 6.32. The minimum Gasteiger partial charge on any atom is -0.385 e. The number of rotatable bonds is 10. The molecule has 3 nitrogen and oxygen atoms in total. The molecule has 0 heterocycles. The van der Waals surface area contributed by atoms with Crippen LogP contribution in [0.1, 0.15) is 33.1 Å². The van der Waals surface area contributed by atoms with Gasteiger partial charge >= 0.3 is 0 Å². The van der Waals surface area contributed by atoms with Crippen LogP contribution in [0.5, 0.6) is 0 Å². The minimum absolute atomic E-state index is 0.577. The van der Waals surface area contributed by atoms with E-state index in [0.29, 0.717) is 5.41 Å². The number of nitrogens with one attached hydrogen (secondary N) is 2. The van der Waals surface area contributed by atoms with E-state index >= 15 is 0 Å². The van der Waals surface area contributed by atoms with Crippen LogP contribution >= 0.6 is 0 Å². The first-order chi connectivity index (χ1) is 7.72. The molecule has 2 N–H and O–H groups in total. The highest BCUT2D eigenvalue weighted by Gasteiger charge is 2.41. The normalized spacial score (nSPS) is 19.7. The van der Waals surface area contributed by atoms with E-state index < -0.39 is 0 Å². The molecule has 0 aromatic rings. The van der Waals surface area contributed by atoms with Gasteiger partial charge in [-0.2, -0.15) is 0 Å². The third kappa shape index (κ3) is 5.28. The van der Waals surface area contributed by atoms with Gasteiger partial charge in [0.25, 0.3) is 0 Å². The Bertz CT molecular complexity index is 181. The van der Waals surface area contributed by atoms with Crippen molar-refractivity contribution in [1.82, 2.24) is 10.6 Å². The number of hydrogen-bond acceptors (Lipinski definition) is 3. The zero-order chi connectivity index (χ0) is 11.9. The Morgan fingerprint density at radius 3 is 2.50 bits per heavy atom. The van der Waals surface area contributed by atoms with Crippen LogP contribution in [-0.4, -0.2) is 39.9 Å². The summed E-state index contributed by atoms with van der Waals surface area (Å²) in [6.07, 6.45) is 3.98. The first-order valence-corrected chi connectivity index (χ1v) is 6.63. The predicted octanol–water partition coefficient (Wildman–Crippen LogP) is 1.64. The second-order valence-electron chi connectivity index (χ2n) is 5.29. The summed E-state index contributed by atoms with van der Waals surface area (Å²) in [4.78, 5) is 0. The number of hydrogen-bond donors (Lipinski definition) is 2. The van der Waals surface area contributed by atoms with Crippen LogP contribution in [0.2, 0.25) is 0 Å². The van der Waals surface area contributed by atoms with Crippen LogP contribution in [-0.2, 0) is 4.74 Å². The second kappa shape index (κ2) is 7.25. The monoisotopic (exact) mass is 228 g/mol. The van der Waals surface area contributed by atoms with Crippen molar-refractivity contribution < 1.29 is 4.74 Å². The Hall–Kier alpha value is -0.120. The molecule has 0 aliphatic heterocycles. The lowest BCUT2D eigenvalue weighted by Gasteiger charge is -2.18. The van der Waals surface area contributed by atoms with Gasteiger partial charge in [-0.25, -0.2) is 0 Å². The summed E-state index contributed by atoms with van der Waals surface area (Å²) in [6, 6.07) is 0. The van der Waals surface area contributed by atoms with E-state index in [2.05, 4.69) is 24.5 Å². The fourth-order valence-electron chi connectivity index (χ4n) is 2.06. The number of ether oxygens (including phenoxy) is 1. The highest BCUT2D eigenvalue weighted by molar-refractivity contribution is 4.94. The molecule has 0 aromatic carbocycles. The molecular formula is C13H28N2O. The first-order valence-electron chi connectivity index (χ1n) is 6.63. The molecule has 1 saturated carbocycles. The van der Waals surface area contributed by atoms with E-state index in [-0.39, 0.29) is 0 Å². The average Bonchev–Trinajstić information content (AvgIpc) is 3.04. The summed E-state index contributed by atoms with van der Waals surface area (Å²) in [5.41, 5.74) is 0.577. The summed E-state index contributed by atoms with van der Waals surface area (Å²) in [5, 5.41) is 7.00. The Labute approximate surface area is 100 Å². The van der Waals surface area contributed by atoms with Gasteiger partial charge in [-0.3, -0.25) is 0 Å². The Morgan fingerprint density at radius 2 is 1.94 bits per heavy atom. The van der Waals surface area contributed by atoms with Gasteiger partial charge in [-0.1, -0.05) is 13.8 Å². The largest absolute Gasteiger partial charge is 0.385 e. The van der Waals surface area contributed by atoms with E-state index in [1.54, 1.807) is 7.11 Å². The molecule has 1 aliphatic carbocycles. The summed E-state index contributed by atoms with van der Waals surface area (Å²) in [5.74, 6) is 0.721. The molecule has 0 bridgehead atoms. The summed E-state index contributed by atoms with van der Waals surface area (Å²) in [7, 11) is 1.79. The SMILES string of the molecule is CCNCC(C)CNCC1(CCOC)CC1. The van der Waals surface area contributed by atoms with Gasteiger partial charge in [0.15, 0.2) is 0 Å². The summed E-state index contributed by atoms with van der Waals surface area (Å²) in [6.45, 7) is 9.86. The quantitative estimate of drug-likeness (QED) is 0.596. The lowest BCUT2D eigenvalue weighted by Crippen LogP contribution is -2.33. The molecule has 1 aliphatic rings. The molecular weight excluding hydrogens is 200 g/mol. The van der Waals surface area contributed by atoms with Crippen molar-refractivity contribution in [2.45, 2.75) is 33.1 Å². The summed E-state index contributed by atoms with van der Waals surface area (Å²) < 4.78 is 5.16. The standard InChI is InChI=1S/C13H28N2O/c1-4-14-9-12(2)10-15-11-13(5-6-13)7-8-16-3/h12,14-15H,4-11H2,1-3H3. The van der Waals surface area contributed by atoms with Crippen LogP contribution < -0.4 is 10.6 Å². The van der Waals surface area contributed by atoms with Crippen molar-refractivity contribution in [3.05, 3.63) is 0 Å². The van der Waals surface area contributed by atoms with Gasteiger partial charge in [-0.05, 0) is 50.2 Å². The van der Waals surface area contributed by atoms with Gasteiger partial charge in [0.05, 0.1) is 0 Å². The minimum atomic E-state index is 0.577. The molecule has 0 saturated heterocycles. The molecule has 0 spiro atoms. The molecule has 0 amide bonds. The van der Waals surface area contributed by atoms with E-state index in [9.17, 15) is 0 Å². The highest BCUT2D eigenvalue weighted by Crippen LogP contribution is 2.48. The fraction of sp³-hybridized carbons (Fsp3) is 1.00. The Morgan fingerprint density at radius 1 is 1.25 bits per heavy atom. The second-order valence-corrected chi connectivity index (χ2v) is 5.29. The van der Waals surface area contributed by atoms with E-state index in [1.807, 2.05) is 0 Å². The van der Waals surface area contributed by atoms with E-state index in [4.69, 9.17) is 4.74 Å². The first kappa shape index (κ1) is 13.9. The highest BCUT2D eigenvalue weighted by atomic mass is 16.5. The third-order valence-electron chi connectivity index (χ3n) is 3.53. The molecule has 1 atom stereocenters. The van der Waals surface area contributed by atoms with Crippen LogP contribution in [0.25, 0.3) is 0 Å². The maximum absolute atomic E-state index is 5.16. The molecule has 16 heavy (non-hydrogen) atoms. The van der Waals surface area contributed by atoms with Crippen LogP contribution in [0.4, 0.5) is 0 Å². The van der Waals surface area contributed by atoms with Crippen molar-refractivity contribution >= 4 is 0 Å². The number of methoxy groups -OCH3 is 1. The van der Waals surface area contributed by atoms with Gasteiger partial charge in [0.1, 0.15) is 0 Å². The smallest absolute Gasteiger partial charge is 0.0468 e. The maximum Gasteiger partial charge on any atom is 0.0468 e. The van der Waals surface area contributed by atoms with Gasteiger partial charge in [0.2, 0.25) is 0 Å². The Balaban J connectivity index is 2.01. The van der Waals surface area contributed by atoms with Crippen molar-refractivity contribution in [3.8, 4) is 0 Å². The van der Waals surface area contributed by atoms with Crippen molar-refractivity contribution in [2.75, 3.05) is 39.9 Å². The van der Waals surface area contributed by atoms with Gasteiger partial charge in [-0.15, -0.1) is 0 Å². The van der Waals surface area contributed by atoms with Crippen LogP contribution in [0.15, 0.2) is 0 Å². The van der Waals surface area contributed by atoms with Crippen molar-refractivity contribution in [2.24, 2.45) is 11.3 Å². The molecule has 3 heteroatoms. The maximum atomic E-state index is 5.16. The molecule has 1 unspecified atom stereocenters. The van der Waals surface area contributed by atoms with Gasteiger partial charge < -0.3 is 15.4 Å². The molecule has 1 fully saturated rings. The molecule has 96 valence electrons. The zero-order valence-electron chi connectivity index (χ0n) is 11.1. The van der Waals surface area contributed by atoms with E-state index in [1.165, 1.54) is 25.8 Å². The van der Waals surface area contributed by atoms with Crippen molar-refractivity contribution in [3.63, 3.8) is 0 Å². The molecule has 0 aromatic heterocycles. The zero-order valence-corrected chi connectivity index (χ0v) is 11.1. The molecule has 0 radical (unpaired) electrons. The lowest BCUT2D eigenvalue weighted by molar-refractivity contribution is 0.171. The topological polar surface area (TPSA) is 33.3 Å². The summed E-state index contributed by atoms with van der Waals surface area (Å²) >= 11 is 0. The van der Waals surface area contributed by atoms with Gasteiger partial charge in [0, 0.05) is 20.3 Å². The fourth-order valence-corrected chi connectivity index (χ4v) is 2.06. The van der Waals surface area contributed by atoms with Crippen LogP contribution in [0, 0.1) is 11.3 Å². The van der Waals surface area contributed by atoms with Crippen LogP contribution in [0.3, 0.4) is 0 Å².